The molecule has 0 aromatic heterocycles. The Kier molecular flexibility index (Phi) is 4.64. The smallest absolute Gasteiger partial charge is 0.277 e. The Morgan fingerprint density at radius 1 is 1.13 bits per heavy atom. The fraction of sp³-hybridized carbons (Fsp3) is 0.429. The van der Waals surface area contributed by atoms with Crippen molar-refractivity contribution in [2.45, 2.75) is 38.1 Å². The molecule has 2 aromatic carbocycles. The number of ether oxygens (including phenoxy) is 1. The molecule has 0 spiro atoms. The largest absolute Gasteiger partial charge is 0.396 e. The molecule has 0 bridgehead atoms. The maximum absolute atomic E-state index is 13.5. The number of aliphatic hydroxyl groups is 2. The second kappa shape index (κ2) is 6.83. The molecule has 9 nitrogen and oxygen atoms in total. The van der Waals surface area contributed by atoms with E-state index in [0.717, 1.165) is 4.90 Å². The van der Waals surface area contributed by atoms with Gasteiger partial charge in [0.25, 0.3) is 5.69 Å². The molecular formula is C21H22N2O7. The van der Waals surface area contributed by atoms with E-state index in [9.17, 15) is 29.9 Å². The van der Waals surface area contributed by atoms with E-state index in [1.54, 1.807) is 31.2 Å². The number of nitrogens with zero attached hydrogens (tertiary/aromatic N) is 2. The van der Waals surface area contributed by atoms with Crippen LogP contribution >= 0.6 is 0 Å². The summed E-state index contributed by atoms with van der Waals surface area (Å²) in [6, 6.07) is 9.13. The highest BCUT2D eigenvalue weighted by Crippen LogP contribution is 2.55. The van der Waals surface area contributed by atoms with Crippen LogP contribution in [0.3, 0.4) is 0 Å². The van der Waals surface area contributed by atoms with Gasteiger partial charge in [-0.3, -0.25) is 19.7 Å². The summed E-state index contributed by atoms with van der Waals surface area (Å²) in [5, 5.41) is 32.5. The molecule has 0 aliphatic carbocycles. The average Bonchev–Trinajstić information content (AvgIpc) is 3.11. The van der Waals surface area contributed by atoms with E-state index in [-0.39, 0.29) is 24.4 Å². The highest BCUT2D eigenvalue weighted by atomic mass is 16.6. The third kappa shape index (κ3) is 2.66. The van der Waals surface area contributed by atoms with Gasteiger partial charge in [-0.1, -0.05) is 25.1 Å². The predicted octanol–water partition coefficient (Wildman–Crippen LogP) is 2.12. The Bertz CT molecular complexity index is 1070. The van der Waals surface area contributed by atoms with E-state index < -0.39 is 40.0 Å². The van der Waals surface area contributed by atoms with Crippen LogP contribution in [0.25, 0.3) is 10.8 Å². The maximum Gasteiger partial charge on any atom is 0.277 e. The molecule has 2 N–H and O–H groups in total. The number of carbonyl (C=O) groups is 2. The third-order valence-corrected chi connectivity index (χ3v) is 6.31. The second-order valence-corrected chi connectivity index (χ2v) is 7.92. The second-order valence-electron chi connectivity index (χ2n) is 7.92. The monoisotopic (exact) mass is 414 g/mol. The summed E-state index contributed by atoms with van der Waals surface area (Å²) in [5.41, 5.74) is -1.08. The van der Waals surface area contributed by atoms with Crippen LogP contribution < -0.4 is 4.90 Å². The minimum atomic E-state index is -1.88. The van der Waals surface area contributed by atoms with Crippen molar-refractivity contribution < 1.29 is 29.5 Å². The third-order valence-electron chi connectivity index (χ3n) is 6.31. The van der Waals surface area contributed by atoms with Crippen LogP contribution in [0.4, 0.5) is 11.4 Å². The molecule has 158 valence electrons. The summed E-state index contributed by atoms with van der Waals surface area (Å²) in [7, 11) is 0. The number of anilines is 1. The van der Waals surface area contributed by atoms with Crippen molar-refractivity contribution in [1.29, 1.82) is 0 Å². The lowest BCUT2D eigenvalue weighted by Gasteiger charge is -2.33. The number of amides is 2. The number of imide groups is 1. The zero-order chi connectivity index (χ0) is 21.8. The molecule has 2 amide bonds. The number of nitro benzene ring substituents is 1. The first-order valence-electron chi connectivity index (χ1n) is 9.76. The molecule has 2 unspecified atom stereocenters. The first kappa shape index (κ1) is 20.4. The van der Waals surface area contributed by atoms with Gasteiger partial charge in [-0.15, -0.1) is 0 Å². The van der Waals surface area contributed by atoms with E-state index in [1.807, 2.05) is 0 Å². The average molecular weight is 414 g/mol. The molecule has 30 heavy (non-hydrogen) atoms. The van der Waals surface area contributed by atoms with Crippen molar-refractivity contribution in [2.75, 3.05) is 11.5 Å². The quantitative estimate of drug-likeness (QED) is 0.435. The van der Waals surface area contributed by atoms with Crippen LogP contribution in [-0.4, -0.2) is 44.9 Å². The van der Waals surface area contributed by atoms with E-state index in [0.29, 0.717) is 17.2 Å². The zero-order valence-corrected chi connectivity index (χ0v) is 16.6. The van der Waals surface area contributed by atoms with Gasteiger partial charge in [-0.25, -0.2) is 4.90 Å². The fourth-order valence-electron chi connectivity index (χ4n) is 5.00. The Hall–Kier alpha value is -2.88. The van der Waals surface area contributed by atoms with Crippen LogP contribution in [0.1, 0.15) is 26.7 Å². The number of carbonyl (C=O) groups excluding carboxylic acids is 2. The summed E-state index contributed by atoms with van der Waals surface area (Å²) in [6.07, 6.45) is 0.410. The van der Waals surface area contributed by atoms with Gasteiger partial charge in [0.1, 0.15) is 5.92 Å². The van der Waals surface area contributed by atoms with Crippen molar-refractivity contribution in [2.24, 2.45) is 11.8 Å². The molecule has 4 atom stereocenters. The zero-order valence-electron chi connectivity index (χ0n) is 16.6. The van der Waals surface area contributed by atoms with Crippen LogP contribution in [0.15, 0.2) is 36.4 Å². The summed E-state index contributed by atoms with van der Waals surface area (Å²) in [5.74, 6) is -5.15. The Morgan fingerprint density at radius 3 is 2.37 bits per heavy atom. The van der Waals surface area contributed by atoms with Crippen LogP contribution in [0.5, 0.6) is 0 Å². The van der Waals surface area contributed by atoms with Gasteiger partial charge < -0.3 is 14.9 Å². The first-order chi connectivity index (χ1) is 14.2. The number of fused-ring (bicyclic) bond motifs is 2. The molecule has 2 aromatic rings. The topological polar surface area (TPSA) is 130 Å². The van der Waals surface area contributed by atoms with Crippen molar-refractivity contribution in [3.8, 4) is 0 Å². The summed E-state index contributed by atoms with van der Waals surface area (Å²) in [4.78, 5) is 38.7. The maximum atomic E-state index is 13.5. The lowest BCUT2D eigenvalue weighted by Crippen LogP contribution is -2.45. The molecule has 4 rings (SSSR count). The number of aliphatic hydroxyl groups excluding tert-OH is 1. The fourth-order valence-corrected chi connectivity index (χ4v) is 5.00. The van der Waals surface area contributed by atoms with Gasteiger partial charge in [0.2, 0.25) is 11.8 Å². The number of hydrogen-bond donors (Lipinski definition) is 2. The lowest BCUT2D eigenvalue weighted by molar-refractivity contribution is -0.383. The number of non-ortho nitro benzene ring substituents is 1. The summed E-state index contributed by atoms with van der Waals surface area (Å²) < 4.78 is 5.79. The first-order valence-corrected chi connectivity index (χ1v) is 9.76. The van der Waals surface area contributed by atoms with Crippen LogP contribution in [0.2, 0.25) is 0 Å². The molecule has 2 fully saturated rings. The summed E-state index contributed by atoms with van der Waals surface area (Å²) >= 11 is 0. The van der Waals surface area contributed by atoms with Gasteiger partial charge in [0.15, 0.2) is 5.79 Å². The van der Waals surface area contributed by atoms with E-state index in [1.165, 1.54) is 19.1 Å². The minimum absolute atomic E-state index is 0.0920. The number of nitro groups is 1. The van der Waals surface area contributed by atoms with Gasteiger partial charge in [-0.2, -0.15) is 0 Å². The molecule has 2 saturated heterocycles. The highest BCUT2D eigenvalue weighted by Gasteiger charge is 2.70. The minimum Gasteiger partial charge on any atom is -0.396 e. The van der Waals surface area contributed by atoms with Crippen molar-refractivity contribution in [3.05, 3.63) is 46.5 Å². The van der Waals surface area contributed by atoms with Gasteiger partial charge in [0.05, 0.1) is 27.5 Å². The molecule has 2 aliphatic heterocycles. The molecule has 2 aliphatic rings. The predicted molar refractivity (Wildman–Crippen MR) is 107 cm³/mol. The number of benzene rings is 2. The molecule has 0 saturated carbocycles. The molecule has 0 radical (unpaired) electrons. The van der Waals surface area contributed by atoms with Crippen LogP contribution in [0, 0.1) is 22.0 Å². The molecule has 9 heteroatoms. The molecule has 2 heterocycles. The Morgan fingerprint density at radius 2 is 1.77 bits per heavy atom. The van der Waals surface area contributed by atoms with E-state index >= 15 is 0 Å². The van der Waals surface area contributed by atoms with Gasteiger partial charge in [-0.05, 0) is 25.5 Å². The highest BCUT2D eigenvalue weighted by molar-refractivity contribution is 6.26. The summed E-state index contributed by atoms with van der Waals surface area (Å²) in [6.45, 7) is 2.85. The lowest BCUT2D eigenvalue weighted by atomic mass is 9.77. The van der Waals surface area contributed by atoms with Gasteiger partial charge in [0, 0.05) is 24.5 Å². The SMILES string of the molecule is CCC1(CCO)OC(C)(O)[C@H]2C(=O)N(c3ccc([N+](=O)[O-])c4ccccc34)C(=O)[C@H]21. The Labute approximate surface area is 172 Å². The van der Waals surface area contributed by atoms with E-state index in [4.69, 9.17) is 4.74 Å². The normalized spacial score (nSPS) is 30.9. The van der Waals surface area contributed by atoms with Crippen molar-refractivity contribution in [3.63, 3.8) is 0 Å². The van der Waals surface area contributed by atoms with E-state index in [2.05, 4.69) is 0 Å². The van der Waals surface area contributed by atoms with Gasteiger partial charge >= 0.3 is 0 Å². The van der Waals surface area contributed by atoms with Crippen LogP contribution in [-0.2, 0) is 14.3 Å². The number of rotatable bonds is 5. The van der Waals surface area contributed by atoms with Crippen molar-refractivity contribution >= 4 is 34.0 Å². The Balaban J connectivity index is 1.89. The molecular weight excluding hydrogens is 392 g/mol. The standard InChI is InChI=1S/C21H22N2O7/c1-3-21(10-11-24)17-16(20(2,27)30-21)18(25)22(19(17)26)14-8-9-15(23(28)29)13-7-5-4-6-12(13)14/h4-9,16-17,24,27H,3,10-11H2,1-2H3/t16-,17+,20?,21?/m1/s1. The number of hydrogen-bond acceptors (Lipinski definition) is 7. The van der Waals surface area contributed by atoms with Crippen molar-refractivity contribution in [1.82, 2.24) is 0 Å².